The molecule has 6 nitrogen and oxygen atoms in total. The van der Waals surface area contributed by atoms with Crippen LogP contribution in [-0.2, 0) is 16.4 Å². The van der Waals surface area contributed by atoms with E-state index in [0.29, 0.717) is 18.4 Å². The summed E-state index contributed by atoms with van der Waals surface area (Å²) in [6, 6.07) is 8.67. The second-order valence-corrected chi connectivity index (χ2v) is 10.9. The second-order valence-electron chi connectivity index (χ2n) is 7.96. The highest BCUT2D eigenvalue weighted by Gasteiger charge is 2.28. The van der Waals surface area contributed by atoms with Gasteiger partial charge in [0.05, 0.1) is 17.7 Å². The van der Waals surface area contributed by atoms with Crippen LogP contribution in [0.1, 0.15) is 37.5 Å². The highest BCUT2D eigenvalue weighted by atomic mass is 32.2. The predicted molar refractivity (Wildman–Crippen MR) is 118 cm³/mol. The largest absolute Gasteiger partial charge is 0.494 e. The first-order valence-corrected chi connectivity index (χ1v) is 13.0. The summed E-state index contributed by atoms with van der Waals surface area (Å²) >= 11 is 1.59. The molecule has 2 aliphatic heterocycles. The fourth-order valence-corrected chi connectivity index (χ4v) is 6.21. The Morgan fingerprint density at radius 1 is 1.21 bits per heavy atom. The van der Waals surface area contributed by atoms with Crippen molar-refractivity contribution in [1.29, 1.82) is 0 Å². The molecule has 2 aliphatic rings. The molecule has 4 rings (SSSR count). The van der Waals surface area contributed by atoms with Gasteiger partial charge < -0.3 is 9.64 Å². The summed E-state index contributed by atoms with van der Waals surface area (Å²) in [6.45, 7) is 5.85. The predicted octanol–water partition coefficient (Wildman–Crippen LogP) is 3.78. The maximum absolute atomic E-state index is 12.0. The molecule has 1 atom stereocenters. The third-order valence-electron chi connectivity index (χ3n) is 5.73. The van der Waals surface area contributed by atoms with Crippen molar-refractivity contribution in [1.82, 2.24) is 9.88 Å². The fourth-order valence-electron chi connectivity index (χ4n) is 4.11. The molecule has 0 bridgehead atoms. The van der Waals surface area contributed by atoms with Gasteiger partial charge in [-0.05, 0) is 69.8 Å². The maximum atomic E-state index is 12.0. The number of hydrogen-bond acceptors (Lipinski definition) is 6. The highest BCUT2D eigenvalue weighted by Crippen LogP contribution is 2.37. The summed E-state index contributed by atoms with van der Waals surface area (Å²) in [5.74, 6) is 1.47. The first-order valence-electron chi connectivity index (χ1n) is 10.4. The lowest BCUT2D eigenvalue weighted by Crippen LogP contribution is -2.34. The number of ether oxygens (including phenoxy) is 1. The maximum Gasteiger partial charge on any atom is 0.233 e. The van der Waals surface area contributed by atoms with Crippen LogP contribution in [0.2, 0.25) is 0 Å². The molecule has 1 aromatic heterocycles. The second kappa shape index (κ2) is 8.62. The zero-order valence-electron chi connectivity index (χ0n) is 17.1. The lowest BCUT2D eigenvalue weighted by molar-refractivity contribution is 0.230. The van der Waals surface area contributed by atoms with Gasteiger partial charge in [-0.3, -0.25) is 4.31 Å². The Balaban J connectivity index is 1.36. The first kappa shape index (κ1) is 20.6. The molecule has 1 aromatic carbocycles. The summed E-state index contributed by atoms with van der Waals surface area (Å²) in [7, 11) is -3.28. The zero-order chi connectivity index (χ0) is 20.4. The first-order chi connectivity index (χ1) is 13.9. The number of hydrogen-bond donors (Lipinski definition) is 0. The highest BCUT2D eigenvalue weighted by molar-refractivity contribution is 7.92. The Morgan fingerprint density at radius 3 is 2.69 bits per heavy atom. The van der Waals surface area contributed by atoms with Crippen molar-refractivity contribution in [3.8, 4) is 16.3 Å². The number of sulfonamides is 1. The standard InChI is InChI=1S/C21H29N3O3S2/c1-16-6-3-12-23(16)13-5-15-27-18-10-8-17(9-11-18)21-22-20-19(28-21)7-4-14-24(20)29(2,25)26/h8-11,16H,3-7,12-15H2,1-2H3. The Hall–Kier alpha value is -1.64. The minimum atomic E-state index is -3.28. The molecule has 0 N–H and O–H groups in total. The van der Waals surface area contributed by atoms with Crippen LogP contribution in [-0.4, -0.2) is 56.8 Å². The number of anilines is 1. The number of rotatable bonds is 7. The van der Waals surface area contributed by atoms with E-state index in [1.165, 1.54) is 29.9 Å². The minimum Gasteiger partial charge on any atom is -0.494 e. The Bertz CT molecular complexity index is 941. The van der Waals surface area contributed by atoms with Crippen LogP contribution in [0.15, 0.2) is 24.3 Å². The average molecular weight is 436 g/mol. The van der Waals surface area contributed by atoms with Gasteiger partial charge in [-0.25, -0.2) is 13.4 Å². The molecule has 2 aromatic rings. The number of aromatic nitrogens is 1. The average Bonchev–Trinajstić information content (AvgIpc) is 3.30. The SMILES string of the molecule is CC1CCCN1CCCOc1ccc(-c2nc3c(s2)CCCN3S(C)(=O)=O)cc1. The van der Waals surface area contributed by atoms with Gasteiger partial charge in [-0.1, -0.05) is 0 Å². The molecule has 0 amide bonds. The Labute approximate surface area is 177 Å². The van der Waals surface area contributed by atoms with Gasteiger partial charge in [0.15, 0.2) is 5.82 Å². The molecule has 0 aliphatic carbocycles. The van der Waals surface area contributed by atoms with Crippen molar-refractivity contribution in [2.75, 3.05) is 36.8 Å². The molecule has 1 fully saturated rings. The van der Waals surface area contributed by atoms with Crippen LogP contribution < -0.4 is 9.04 Å². The molecule has 0 saturated carbocycles. The van der Waals surface area contributed by atoms with Crippen LogP contribution in [0.5, 0.6) is 5.75 Å². The smallest absolute Gasteiger partial charge is 0.233 e. The molecule has 29 heavy (non-hydrogen) atoms. The van der Waals surface area contributed by atoms with E-state index in [-0.39, 0.29) is 0 Å². The third-order valence-corrected chi connectivity index (χ3v) is 8.04. The van der Waals surface area contributed by atoms with Crippen molar-refractivity contribution in [3.63, 3.8) is 0 Å². The number of fused-ring (bicyclic) bond motifs is 1. The number of benzene rings is 1. The third kappa shape index (κ3) is 4.75. The summed E-state index contributed by atoms with van der Waals surface area (Å²) in [5.41, 5.74) is 0.996. The van der Waals surface area contributed by atoms with E-state index in [0.717, 1.165) is 53.6 Å². The Morgan fingerprint density at radius 2 is 2.00 bits per heavy atom. The van der Waals surface area contributed by atoms with E-state index in [4.69, 9.17) is 4.74 Å². The lowest BCUT2D eigenvalue weighted by atomic mass is 10.2. The van der Waals surface area contributed by atoms with Crippen molar-refractivity contribution in [3.05, 3.63) is 29.1 Å². The van der Waals surface area contributed by atoms with Gasteiger partial charge in [0.25, 0.3) is 0 Å². The van der Waals surface area contributed by atoms with Crippen molar-refractivity contribution in [2.45, 2.75) is 45.1 Å². The Kier molecular flexibility index (Phi) is 6.13. The van der Waals surface area contributed by atoms with E-state index < -0.39 is 10.0 Å². The van der Waals surface area contributed by atoms with Crippen LogP contribution >= 0.6 is 11.3 Å². The summed E-state index contributed by atoms with van der Waals surface area (Å²) in [6.07, 6.45) is 6.63. The van der Waals surface area contributed by atoms with Gasteiger partial charge in [0.2, 0.25) is 10.0 Å². The molecule has 158 valence electrons. The van der Waals surface area contributed by atoms with Crippen LogP contribution in [0.4, 0.5) is 5.82 Å². The van der Waals surface area contributed by atoms with E-state index in [1.807, 2.05) is 24.3 Å². The van der Waals surface area contributed by atoms with E-state index in [9.17, 15) is 8.42 Å². The topological polar surface area (TPSA) is 62.7 Å². The molecular formula is C21H29N3O3S2. The summed E-state index contributed by atoms with van der Waals surface area (Å²) in [4.78, 5) is 8.23. The van der Waals surface area contributed by atoms with Gasteiger partial charge in [-0.2, -0.15) is 0 Å². The number of thiazole rings is 1. The summed E-state index contributed by atoms with van der Waals surface area (Å²) < 4.78 is 31.4. The van der Waals surface area contributed by atoms with Crippen LogP contribution in [0, 0.1) is 0 Å². The van der Waals surface area contributed by atoms with Crippen molar-refractivity contribution < 1.29 is 13.2 Å². The van der Waals surface area contributed by atoms with Crippen LogP contribution in [0.25, 0.3) is 10.6 Å². The molecule has 1 saturated heterocycles. The van der Waals surface area contributed by atoms with E-state index >= 15 is 0 Å². The lowest BCUT2D eigenvalue weighted by Gasteiger charge is -2.24. The normalized spacial score (nSPS) is 20.1. The van der Waals surface area contributed by atoms with E-state index in [2.05, 4.69) is 16.8 Å². The monoisotopic (exact) mass is 435 g/mol. The minimum absolute atomic E-state index is 0.512. The fraction of sp³-hybridized carbons (Fsp3) is 0.571. The van der Waals surface area contributed by atoms with E-state index in [1.54, 1.807) is 11.3 Å². The van der Waals surface area contributed by atoms with Gasteiger partial charge in [-0.15, -0.1) is 11.3 Å². The van der Waals surface area contributed by atoms with Gasteiger partial charge >= 0.3 is 0 Å². The molecule has 8 heteroatoms. The van der Waals surface area contributed by atoms with Gasteiger partial charge in [0, 0.05) is 24.7 Å². The molecule has 0 spiro atoms. The molecule has 1 unspecified atom stereocenters. The number of aryl methyl sites for hydroxylation is 1. The zero-order valence-corrected chi connectivity index (χ0v) is 18.8. The van der Waals surface area contributed by atoms with Gasteiger partial charge in [0.1, 0.15) is 10.8 Å². The van der Waals surface area contributed by atoms with Crippen LogP contribution in [0.3, 0.4) is 0 Å². The number of likely N-dealkylation sites (tertiary alicyclic amines) is 1. The molecule has 3 heterocycles. The quantitative estimate of drug-likeness (QED) is 0.620. The van der Waals surface area contributed by atoms with Crippen molar-refractivity contribution >= 4 is 27.2 Å². The molecule has 0 radical (unpaired) electrons. The van der Waals surface area contributed by atoms with Crippen molar-refractivity contribution in [2.24, 2.45) is 0 Å². The number of nitrogens with zero attached hydrogens (tertiary/aromatic N) is 3. The molecular weight excluding hydrogens is 406 g/mol. The summed E-state index contributed by atoms with van der Waals surface area (Å²) in [5, 5.41) is 0.861.